The van der Waals surface area contributed by atoms with Crippen LogP contribution < -0.4 is 5.32 Å². The van der Waals surface area contributed by atoms with Crippen molar-refractivity contribution in [2.75, 3.05) is 5.32 Å². The van der Waals surface area contributed by atoms with Gasteiger partial charge in [0.15, 0.2) is 0 Å². The van der Waals surface area contributed by atoms with Crippen LogP contribution in [0.3, 0.4) is 0 Å². The van der Waals surface area contributed by atoms with E-state index in [9.17, 15) is 0 Å². The first kappa shape index (κ1) is 12.7. The maximum atomic E-state index is 4.39. The molecule has 0 spiro atoms. The van der Waals surface area contributed by atoms with Gasteiger partial charge in [-0.15, -0.1) is 0 Å². The van der Waals surface area contributed by atoms with Crippen molar-refractivity contribution >= 4 is 21.7 Å². The zero-order chi connectivity index (χ0) is 13.4. The van der Waals surface area contributed by atoms with Crippen LogP contribution in [-0.2, 0) is 13.6 Å². The molecule has 2 aromatic rings. The summed E-state index contributed by atoms with van der Waals surface area (Å²) in [7, 11) is 1.96. The van der Waals surface area contributed by atoms with Gasteiger partial charge < -0.3 is 5.32 Å². The Morgan fingerprint density at radius 2 is 2.26 bits per heavy atom. The molecule has 3 rings (SSSR count). The fraction of sp³-hybridized carbons (Fsp3) is 0.429. The molecule has 0 aliphatic heterocycles. The number of rotatable bonds is 4. The quantitative estimate of drug-likeness (QED) is 0.939. The summed E-state index contributed by atoms with van der Waals surface area (Å²) < 4.78 is 2.97. The third-order valence-electron chi connectivity index (χ3n) is 3.53. The molecule has 1 aliphatic carbocycles. The average molecular weight is 321 g/mol. The van der Waals surface area contributed by atoms with Gasteiger partial charge in [-0.2, -0.15) is 5.10 Å². The fourth-order valence-corrected chi connectivity index (χ4v) is 2.74. The normalized spacial score (nSPS) is 14.7. The molecule has 0 bridgehead atoms. The highest BCUT2D eigenvalue weighted by Crippen LogP contribution is 2.40. The van der Waals surface area contributed by atoms with Crippen LogP contribution in [0.25, 0.3) is 0 Å². The van der Waals surface area contributed by atoms with E-state index in [1.807, 2.05) is 24.9 Å². The largest absolute Gasteiger partial charge is 0.364 e. The minimum atomic E-state index is 0.721. The molecule has 100 valence electrons. The molecule has 0 atom stereocenters. The van der Waals surface area contributed by atoms with E-state index < -0.39 is 0 Å². The molecule has 1 fully saturated rings. The Morgan fingerprint density at radius 3 is 2.89 bits per heavy atom. The summed E-state index contributed by atoms with van der Waals surface area (Å²) in [6, 6.07) is 4.28. The number of halogens is 1. The zero-order valence-electron chi connectivity index (χ0n) is 11.2. The molecule has 2 heterocycles. The number of anilines is 1. The van der Waals surface area contributed by atoms with Gasteiger partial charge in [-0.1, -0.05) is 0 Å². The van der Waals surface area contributed by atoms with Crippen LogP contribution in [0, 0.1) is 6.92 Å². The topological polar surface area (TPSA) is 42.7 Å². The molecule has 0 radical (unpaired) electrons. The van der Waals surface area contributed by atoms with Crippen LogP contribution >= 0.6 is 15.9 Å². The minimum Gasteiger partial charge on any atom is -0.364 e. The van der Waals surface area contributed by atoms with Crippen LogP contribution in [0.4, 0.5) is 5.82 Å². The van der Waals surface area contributed by atoms with Gasteiger partial charge in [0.25, 0.3) is 0 Å². The molecule has 4 nitrogen and oxygen atoms in total. The van der Waals surface area contributed by atoms with Crippen molar-refractivity contribution in [1.29, 1.82) is 0 Å². The number of aromatic nitrogens is 3. The second-order valence-electron chi connectivity index (χ2n) is 5.07. The van der Waals surface area contributed by atoms with Gasteiger partial charge in [-0.05, 0) is 59.3 Å². The van der Waals surface area contributed by atoms with Crippen molar-refractivity contribution in [2.45, 2.75) is 32.2 Å². The molecular formula is C14H17BrN4. The molecular weight excluding hydrogens is 304 g/mol. The molecule has 0 saturated heterocycles. The van der Waals surface area contributed by atoms with Crippen molar-refractivity contribution in [3.05, 3.63) is 39.8 Å². The van der Waals surface area contributed by atoms with E-state index >= 15 is 0 Å². The zero-order valence-corrected chi connectivity index (χ0v) is 12.7. The van der Waals surface area contributed by atoms with Crippen LogP contribution in [0.15, 0.2) is 22.8 Å². The van der Waals surface area contributed by atoms with E-state index in [-0.39, 0.29) is 0 Å². The minimum absolute atomic E-state index is 0.721. The lowest BCUT2D eigenvalue weighted by Gasteiger charge is -2.08. The number of hydrogen-bond acceptors (Lipinski definition) is 3. The Labute approximate surface area is 121 Å². The second kappa shape index (κ2) is 4.96. The lowest BCUT2D eigenvalue weighted by atomic mass is 10.2. The third-order valence-corrected chi connectivity index (χ3v) is 4.56. The van der Waals surface area contributed by atoms with Crippen LogP contribution in [-0.4, -0.2) is 14.8 Å². The van der Waals surface area contributed by atoms with E-state index in [0.29, 0.717) is 0 Å². The fourth-order valence-electron chi connectivity index (χ4n) is 2.26. The molecule has 1 saturated carbocycles. The number of nitrogens with zero attached hydrogens (tertiary/aromatic N) is 3. The molecule has 0 amide bonds. The third kappa shape index (κ3) is 2.66. The molecule has 2 aromatic heterocycles. The number of pyridine rings is 1. The summed E-state index contributed by atoms with van der Waals surface area (Å²) in [6.07, 6.45) is 4.52. The Balaban J connectivity index is 1.73. The summed E-state index contributed by atoms with van der Waals surface area (Å²) in [5.41, 5.74) is 3.55. The van der Waals surface area contributed by atoms with Crippen LogP contribution in [0.2, 0.25) is 0 Å². The van der Waals surface area contributed by atoms with Gasteiger partial charge >= 0.3 is 0 Å². The number of nitrogens with one attached hydrogen (secondary N) is 1. The molecule has 5 heteroatoms. The summed E-state index contributed by atoms with van der Waals surface area (Å²) in [5.74, 6) is 1.70. The first-order valence-corrected chi connectivity index (χ1v) is 7.32. The van der Waals surface area contributed by atoms with Crippen molar-refractivity contribution in [2.24, 2.45) is 7.05 Å². The second-order valence-corrected chi connectivity index (χ2v) is 5.86. The van der Waals surface area contributed by atoms with Crippen LogP contribution in [0.5, 0.6) is 0 Å². The van der Waals surface area contributed by atoms with Gasteiger partial charge in [-0.3, -0.25) is 4.68 Å². The van der Waals surface area contributed by atoms with E-state index in [1.165, 1.54) is 18.4 Å². The first-order chi connectivity index (χ1) is 9.15. The lowest BCUT2D eigenvalue weighted by Crippen LogP contribution is -2.07. The van der Waals surface area contributed by atoms with E-state index in [2.05, 4.69) is 43.5 Å². The summed E-state index contributed by atoms with van der Waals surface area (Å²) >= 11 is 3.58. The number of aryl methyl sites for hydroxylation is 2. The summed E-state index contributed by atoms with van der Waals surface area (Å²) in [6.45, 7) is 2.72. The Kier molecular flexibility index (Phi) is 3.31. The van der Waals surface area contributed by atoms with Crippen LogP contribution in [0.1, 0.15) is 35.7 Å². The highest BCUT2D eigenvalue weighted by atomic mass is 79.9. The highest BCUT2D eigenvalue weighted by Gasteiger charge is 2.23. The van der Waals surface area contributed by atoms with Crippen molar-refractivity contribution in [3.63, 3.8) is 0 Å². The van der Waals surface area contributed by atoms with Gasteiger partial charge in [-0.25, -0.2) is 4.98 Å². The van der Waals surface area contributed by atoms with Gasteiger partial charge in [0.2, 0.25) is 0 Å². The molecule has 1 N–H and O–H groups in total. The predicted octanol–water partition coefficient (Wildman–Crippen LogP) is 3.38. The average Bonchev–Trinajstić information content (AvgIpc) is 3.19. The van der Waals surface area contributed by atoms with E-state index in [0.717, 1.165) is 34.1 Å². The van der Waals surface area contributed by atoms with E-state index in [1.54, 1.807) is 0 Å². The van der Waals surface area contributed by atoms with Gasteiger partial charge in [0.1, 0.15) is 5.82 Å². The van der Waals surface area contributed by atoms with Gasteiger partial charge in [0, 0.05) is 13.2 Å². The molecule has 0 unspecified atom stereocenters. The molecule has 1 aliphatic rings. The van der Waals surface area contributed by atoms with Crippen molar-refractivity contribution < 1.29 is 0 Å². The maximum absolute atomic E-state index is 4.39. The Hall–Kier alpha value is -1.36. The molecule has 0 aromatic carbocycles. The lowest BCUT2D eigenvalue weighted by molar-refractivity contribution is 0.712. The summed E-state index contributed by atoms with van der Waals surface area (Å²) in [5, 5.41) is 7.77. The smallest absolute Gasteiger partial charge is 0.126 e. The Morgan fingerprint density at radius 1 is 1.47 bits per heavy atom. The van der Waals surface area contributed by atoms with Crippen molar-refractivity contribution in [1.82, 2.24) is 14.8 Å². The highest BCUT2D eigenvalue weighted by molar-refractivity contribution is 9.10. The monoisotopic (exact) mass is 320 g/mol. The predicted molar refractivity (Wildman–Crippen MR) is 79.2 cm³/mol. The SMILES string of the molecule is Cc1nn(C)c(CNc2cc(C3CC3)ccn2)c1Br. The van der Waals surface area contributed by atoms with E-state index in [4.69, 9.17) is 0 Å². The van der Waals surface area contributed by atoms with Crippen molar-refractivity contribution in [3.8, 4) is 0 Å². The molecule has 19 heavy (non-hydrogen) atoms. The van der Waals surface area contributed by atoms with Gasteiger partial charge in [0.05, 0.1) is 22.4 Å². The number of hydrogen-bond donors (Lipinski definition) is 1. The summed E-state index contributed by atoms with van der Waals surface area (Å²) in [4.78, 5) is 4.37. The Bertz CT molecular complexity index is 601. The maximum Gasteiger partial charge on any atom is 0.126 e. The standard InChI is InChI=1S/C14H17BrN4/c1-9-14(15)12(19(2)18-9)8-17-13-7-11(5-6-16-13)10-3-4-10/h5-7,10H,3-4,8H2,1-2H3,(H,16,17). The first-order valence-electron chi connectivity index (χ1n) is 6.53.